The molecule has 1 aromatic heterocycles. The van der Waals surface area contributed by atoms with Crippen molar-refractivity contribution in [3.05, 3.63) is 48.7 Å². The van der Waals surface area contributed by atoms with E-state index in [1.165, 1.54) is 0 Å². The highest BCUT2D eigenvalue weighted by molar-refractivity contribution is 5.89. The van der Waals surface area contributed by atoms with Crippen LogP contribution in [0.3, 0.4) is 0 Å². The van der Waals surface area contributed by atoms with E-state index in [-0.39, 0.29) is 11.9 Å². The average Bonchev–Trinajstić information content (AvgIpc) is 2.89. The number of para-hydroxylation sites is 1. The summed E-state index contributed by atoms with van der Waals surface area (Å²) in [6.07, 6.45) is 8.87. The first-order chi connectivity index (χ1) is 9.72. The van der Waals surface area contributed by atoms with Gasteiger partial charge in [-0.3, -0.25) is 4.79 Å². The molecule has 0 aliphatic heterocycles. The maximum Gasteiger partial charge on any atom is 0.155 e. The molecule has 20 heavy (non-hydrogen) atoms. The molecule has 0 saturated carbocycles. The average molecular weight is 270 g/mol. The van der Waals surface area contributed by atoms with Crippen molar-refractivity contribution >= 4 is 16.7 Å². The van der Waals surface area contributed by atoms with Gasteiger partial charge in [-0.25, -0.2) is 0 Å². The Labute approximate surface area is 120 Å². The molecular formula is C17H22N2O. The standard InChI is InChI=1S/C17H22N2O/c1-2-3-4-8-15(20)10-11-17(18)19-13-12-14-7-5-6-9-16(14)19/h5-7,9-13,17H,2-4,8,18H2,1H3/b11-10+. The summed E-state index contributed by atoms with van der Waals surface area (Å²) in [5.41, 5.74) is 7.22. The van der Waals surface area contributed by atoms with E-state index < -0.39 is 0 Å². The molecule has 1 aromatic carbocycles. The Hall–Kier alpha value is -1.87. The molecule has 0 fully saturated rings. The minimum Gasteiger partial charge on any atom is -0.328 e. The van der Waals surface area contributed by atoms with Crippen LogP contribution >= 0.6 is 0 Å². The first-order valence-electron chi connectivity index (χ1n) is 7.24. The van der Waals surface area contributed by atoms with Gasteiger partial charge in [-0.2, -0.15) is 0 Å². The molecule has 2 rings (SSSR count). The summed E-state index contributed by atoms with van der Waals surface area (Å²) in [6.45, 7) is 2.13. The van der Waals surface area contributed by atoms with Crippen molar-refractivity contribution in [3.8, 4) is 0 Å². The van der Waals surface area contributed by atoms with Gasteiger partial charge in [0, 0.05) is 18.1 Å². The van der Waals surface area contributed by atoms with Crippen LogP contribution in [0.1, 0.15) is 38.8 Å². The third kappa shape index (κ3) is 3.58. The zero-order chi connectivity index (χ0) is 14.4. The number of rotatable bonds is 7. The maximum atomic E-state index is 11.7. The lowest BCUT2D eigenvalue weighted by molar-refractivity contribution is -0.114. The van der Waals surface area contributed by atoms with E-state index in [0.717, 1.165) is 30.2 Å². The minimum atomic E-state index is -0.301. The van der Waals surface area contributed by atoms with Gasteiger partial charge in [-0.1, -0.05) is 38.0 Å². The molecule has 3 nitrogen and oxygen atoms in total. The van der Waals surface area contributed by atoms with Gasteiger partial charge in [0.25, 0.3) is 0 Å². The molecular weight excluding hydrogens is 248 g/mol. The highest BCUT2D eigenvalue weighted by Gasteiger charge is 2.05. The molecule has 0 bridgehead atoms. The van der Waals surface area contributed by atoms with E-state index in [1.807, 2.05) is 35.0 Å². The Balaban J connectivity index is 2.01. The van der Waals surface area contributed by atoms with Gasteiger partial charge in [0.1, 0.15) is 6.17 Å². The molecule has 0 spiro atoms. The molecule has 2 N–H and O–H groups in total. The van der Waals surface area contributed by atoms with Crippen LogP contribution in [0, 0.1) is 0 Å². The molecule has 0 aliphatic carbocycles. The van der Waals surface area contributed by atoms with Crippen LogP contribution in [0.25, 0.3) is 10.9 Å². The number of allylic oxidation sites excluding steroid dienone is 1. The van der Waals surface area contributed by atoms with Gasteiger partial charge in [-0.15, -0.1) is 0 Å². The van der Waals surface area contributed by atoms with E-state index in [4.69, 9.17) is 5.73 Å². The van der Waals surface area contributed by atoms with Crippen LogP contribution in [0.15, 0.2) is 48.7 Å². The lowest BCUT2D eigenvalue weighted by Gasteiger charge is -2.10. The number of carbonyl (C=O) groups is 1. The summed E-state index contributed by atoms with van der Waals surface area (Å²) in [6, 6.07) is 10.1. The molecule has 0 radical (unpaired) electrons. The third-order valence-electron chi connectivity index (χ3n) is 3.46. The molecule has 3 heteroatoms. The van der Waals surface area contributed by atoms with Gasteiger partial charge in [-0.05, 0) is 36.1 Å². The van der Waals surface area contributed by atoms with Crippen LogP contribution in [0.5, 0.6) is 0 Å². The summed E-state index contributed by atoms with van der Waals surface area (Å²) in [5, 5.41) is 1.16. The first kappa shape index (κ1) is 14.5. The number of hydrogen-bond donors (Lipinski definition) is 1. The van der Waals surface area contributed by atoms with Gasteiger partial charge >= 0.3 is 0 Å². The molecule has 1 unspecified atom stereocenters. The zero-order valence-corrected chi connectivity index (χ0v) is 12.0. The number of fused-ring (bicyclic) bond motifs is 1. The van der Waals surface area contributed by atoms with Crippen molar-refractivity contribution in [2.45, 2.75) is 38.8 Å². The Morgan fingerprint density at radius 2 is 2.10 bits per heavy atom. The van der Waals surface area contributed by atoms with Gasteiger partial charge in [0.05, 0.1) is 0 Å². The Kier molecular flexibility index (Phi) is 5.13. The summed E-state index contributed by atoms with van der Waals surface area (Å²) in [4.78, 5) is 11.7. The van der Waals surface area contributed by atoms with E-state index >= 15 is 0 Å². The fraction of sp³-hybridized carbons (Fsp3) is 0.353. The van der Waals surface area contributed by atoms with Gasteiger partial charge < -0.3 is 10.3 Å². The third-order valence-corrected chi connectivity index (χ3v) is 3.46. The Bertz CT molecular complexity index is 598. The number of unbranched alkanes of at least 4 members (excludes halogenated alkanes) is 2. The minimum absolute atomic E-state index is 0.158. The molecule has 0 aliphatic rings. The summed E-state index contributed by atoms with van der Waals surface area (Å²) >= 11 is 0. The molecule has 2 aromatic rings. The fourth-order valence-corrected chi connectivity index (χ4v) is 2.30. The van der Waals surface area contributed by atoms with E-state index in [2.05, 4.69) is 13.0 Å². The number of benzene rings is 1. The van der Waals surface area contributed by atoms with E-state index in [9.17, 15) is 4.79 Å². The van der Waals surface area contributed by atoms with Crippen molar-refractivity contribution in [2.75, 3.05) is 0 Å². The van der Waals surface area contributed by atoms with Crippen LogP contribution < -0.4 is 5.73 Å². The zero-order valence-electron chi connectivity index (χ0n) is 12.0. The van der Waals surface area contributed by atoms with Crippen molar-refractivity contribution < 1.29 is 4.79 Å². The van der Waals surface area contributed by atoms with Crippen molar-refractivity contribution in [3.63, 3.8) is 0 Å². The largest absolute Gasteiger partial charge is 0.328 e. The quantitative estimate of drug-likeness (QED) is 0.614. The van der Waals surface area contributed by atoms with E-state index in [1.54, 1.807) is 12.2 Å². The van der Waals surface area contributed by atoms with Gasteiger partial charge in [0.15, 0.2) is 5.78 Å². The second-order valence-corrected chi connectivity index (χ2v) is 5.05. The number of nitrogens with two attached hydrogens (primary N) is 1. The van der Waals surface area contributed by atoms with Crippen molar-refractivity contribution in [1.82, 2.24) is 4.57 Å². The van der Waals surface area contributed by atoms with Crippen LogP contribution in [-0.2, 0) is 4.79 Å². The number of ketones is 1. The molecule has 1 heterocycles. The number of nitrogens with zero attached hydrogens (tertiary/aromatic N) is 1. The molecule has 1 atom stereocenters. The maximum absolute atomic E-state index is 11.7. The van der Waals surface area contributed by atoms with Crippen molar-refractivity contribution in [1.29, 1.82) is 0 Å². The molecule has 106 valence electrons. The predicted molar refractivity (Wildman–Crippen MR) is 83.5 cm³/mol. The SMILES string of the molecule is CCCCCC(=O)/C=C/C(N)n1ccc2ccccc21. The van der Waals surface area contributed by atoms with Crippen LogP contribution in [0.2, 0.25) is 0 Å². The van der Waals surface area contributed by atoms with Crippen LogP contribution in [-0.4, -0.2) is 10.4 Å². The summed E-state index contributed by atoms with van der Waals surface area (Å²) in [5.74, 6) is 0.158. The normalized spacial score (nSPS) is 13.1. The topological polar surface area (TPSA) is 48.0 Å². The van der Waals surface area contributed by atoms with E-state index in [0.29, 0.717) is 6.42 Å². The highest BCUT2D eigenvalue weighted by atomic mass is 16.1. The molecule has 0 amide bonds. The number of hydrogen-bond acceptors (Lipinski definition) is 2. The second-order valence-electron chi connectivity index (χ2n) is 5.05. The smallest absolute Gasteiger partial charge is 0.155 e. The Morgan fingerprint density at radius 3 is 2.90 bits per heavy atom. The first-order valence-corrected chi connectivity index (χ1v) is 7.24. The Morgan fingerprint density at radius 1 is 1.30 bits per heavy atom. The second kappa shape index (κ2) is 7.06. The monoisotopic (exact) mass is 270 g/mol. The lowest BCUT2D eigenvalue weighted by atomic mass is 10.1. The highest BCUT2D eigenvalue weighted by Crippen LogP contribution is 2.18. The number of aromatic nitrogens is 1. The fourth-order valence-electron chi connectivity index (χ4n) is 2.30. The van der Waals surface area contributed by atoms with Gasteiger partial charge in [0.2, 0.25) is 0 Å². The van der Waals surface area contributed by atoms with Crippen molar-refractivity contribution in [2.24, 2.45) is 5.73 Å². The predicted octanol–water partition coefficient (Wildman–Crippen LogP) is 3.80. The summed E-state index contributed by atoms with van der Waals surface area (Å²) in [7, 11) is 0. The lowest BCUT2D eigenvalue weighted by Crippen LogP contribution is -2.15. The summed E-state index contributed by atoms with van der Waals surface area (Å²) < 4.78 is 1.98. The molecule has 0 saturated heterocycles. The van der Waals surface area contributed by atoms with Crippen LogP contribution in [0.4, 0.5) is 0 Å². The number of carbonyl (C=O) groups excluding carboxylic acids is 1.